The first-order valence-corrected chi connectivity index (χ1v) is 10.7. The molecule has 1 fully saturated rings. The van der Waals surface area contributed by atoms with E-state index in [9.17, 15) is 19.2 Å². The maximum absolute atomic E-state index is 12.9. The van der Waals surface area contributed by atoms with Crippen molar-refractivity contribution in [1.29, 1.82) is 0 Å². The van der Waals surface area contributed by atoms with Crippen LogP contribution in [0.1, 0.15) is 39.4 Å². The first kappa shape index (κ1) is 22.0. The highest BCUT2D eigenvalue weighted by Gasteiger charge is 2.26. The van der Waals surface area contributed by atoms with Gasteiger partial charge in [0.25, 0.3) is 5.56 Å². The van der Waals surface area contributed by atoms with E-state index in [4.69, 9.17) is 0 Å². The van der Waals surface area contributed by atoms with Crippen molar-refractivity contribution in [3.8, 4) is 0 Å². The summed E-state index contributed by atoms with van der Waals surface area (Å²) >= 11 is 1.06. The number of rotatable bonds is 6. The molecule has 1 saturated carbocycles. The Morgan fingerprint density at radius 2 is 1.87 bits per heavy atom. The molecule has 2 heterocycles. The van der Waals surface area contributed by atoms with Crippen LogP contribution >= 0.6 is 11.8 Å². The standard InChI is InChI=1S/C19H26N6O4S/c1-9(2)8-25-14-13(17(27)24(5)19(25)29)16(21-11(4)20-14)30-10(3)15(26)23-18(28)22-12-6-7-12/h9-10,12H,6-8H2,1-5H3,(H2,22,23,26,28). The minimum absolute atomic E-state index is 0.134. The molecule has 162 valence electrons. The number of nitrogens with zero attached hydrogens (tertiary/aromatic N) is 4. The molecule has 0 bridgehead atoms. The number of aryl methyl sites for hydroxylation is 1. The Balaban J connectivity index is 1.98. The molecule has 0 aliphatic heterocycles. The van der Waals surface area contributed by atoms with Gasteiger partial charge in [0, 0.05) is 19.6 Å². The SMILES string of the molecule is Cc1nc(SC(C)C(=O)NC(=O)NC2CC2)c2c(=O)n(C)c(=O)n(CC(C)C)c2n1. The summed E-state index contributed by atoms with van der Waals surface area (Å²) in [5, 5.41) is 4.81. The molecule has 2 N–H and O–H groups in total. The molecule has 1 aliphatic carbocycles. The predicted molar refractivity (Wildman–Crippen MR) is 114 cm³/mol. The summed E-state index contributed by atoms with van der Waals surface area (Å²) in [6.07, 6.45) is 1.83. The van der Waals surface area contributed by atoms with E-state index in [1.54, 1.807) is 13.8 Å². The fourth-order valence-electron chi connectivity index (χ4n) is 2.94. The quantitative estimate of drug-likeness (QED) is 0.511. The summed E-state index contributed by atoms with van der Waals surface area (Å²) in [5.41, 5.74) is -0.708. The van der Waals surface area contributed by atoms with Gasteiger partial charge in [0.1, 0.15) is 16.2 Å². The summed E-state index contributed by atoms with van der Waals surface area (Å²) in [4.78, 5) is 58.5. The number of nitrogens with one attached hydrogen (secondary N) is 2. The largest absolute Gasteiger partial charge is 0.335 e. The van der Waals surface area contributed by atoms with Crippen molar-refractivity contribution in [2.75, 3.05) is 0 Å². The maximum Gasteiger partial charge on any atom is 0.332 e. The van der Waals surface area contributed by atoms with Gasteiger partial charge in [-0.25, -0.2) is 19.6 Å². The highest BCUT2D eigenvalue weighted by atomic mass is 32.2. The number of hydrogen-bond donors (Lipinski definition) is 2. The summed E-state index contributed by atoms with van der Waals surface area (Å²) < 4.78 is 2.50. The molecule has 0 radical (unpaired) electrons. The van der Waals surface area contributed by atoms with E-state index in [1.807, 2.05) is 13.8 Å². The second-order valence-corrected chi connectivity index (χ2v) is 9.25. The average Bonchev–Trinajstić information content (AvgIpc) is 3.46. The average molecular weight is 435 g/mol. The van der Waals surface area contributed by atoms with Gasteiger partial charge in [0.15, 0.2) is 5.65 Å². The van der Waals surface area contributed by atoms with Crippen molar-refractivity contribution >= 4 is 34.7 Å². The second kappa shape index (κ2) is 8.58. The molecule has 30 heavy (non-hydrogen) atoms. The van der Waals surface area contributed by atoms with Crippen molar-refractivity contribution < 1.29 is 9.59 Å². The van der Waals surface area contributed by atoms with E-state index in [0.717, 1.165) is 29.2 Å². The van der Waals surface area contributed by atoms with Crippen LogP contribution in [0.25, 0.3) is 11.0 Å². The molecule has 10 nitrogen and oxygen atoms in total. The van der Waals surface area contributed by atoms with Crippen LogP contribution in [0.2, 0.25) is 0 Å². The molecule has 1 atom stereocenters. The Hall–Kier alpha value is -2.69. The third kappa shape index (κ3) is 4.72. The second-order valence-electron chi connectivity index (χ2n) is 7.92. The number of amides is 3. The maximum atomic E-state index is 12.9. The van der Waals surface area contributed by atoms with Crippen LogP contribution in [0.15, 0.2) is 14.6 Å². The molecule has 1 unspecified atom stereocenters. The van der Waals surface area contributed by atoms with E-state index >= 15 is 0 Å². The van der Waals surface area contributed by atoms with Gasteiger partial charge in [0.05, 0.1) is 5.25 Å². The fourth-order valence-corrected chi connectivity index (χ4v) is 3.92. The lowest BCUT2D eigenvalue weighted by Gasteiger charge is -2.16. The van der Waals surface area contributed by atoms with Crippen LogP contribution in [-0.4, -0.2) is 42.3 Å². The van der Waals surface area contributed by atoms with Gasteiger partial charge in [-0.2, -0.15) is 0 Å². The van der Waals surface area contributed by atoms with Crippen LogP contribution in [0, 0.1) is 12.8 Å². The van der Waals surface area contributed by atoms with Crippen molar-refractivity contribution in [3.63, 3.8) is 0 Å². The van der Waals surface area contributed by atoms with Crippen LogP contribution < -0.4 is 21.9 Å². The lowest BCUT2D eigenvalue weighted by atomic mass is 10.2. The van der Waals surface area contributed by atoms with E-state index in [2.05, 4.69) is 20.6 Å². The van der Waals surface area contributed by atoms with Gasteiger partial charge >= 0.3 is 11.7 Å². The van der Waals surface area contributed by atoms with E-state index in [0.29, 0.717) is 17.4 Å². The lowest BCUT2D eigenvalue weighted by Crippen LogP contribution is -2.43. The van der Waals surface area contributed by atoms with Crippen LogP contribution in [-0.2, 0) is 18.4 Å². The number of carbonyl (C=O) groups excluding carboxylic acids is 2. The van der Waals surface area contributed by atoms with Crippen molar-refractivity contribution in [2.45, 2.75) is 63.4 Å². The summed E-state index contributed by atoms with van der Waals surface area (Å²) in [7, 11) is 1.41. The monoisotopic (exact) mass is 434 g/mol. The van der Waals surface area contributed by atoms with Crippen molar-refractivity contribution in [1.82, 2.24) is 29.7 Å². The number of hydrogen-bond acceptors (Lipinski definition) is 7. The van der Waals surface area contributed by atoms with E-state index < -0.39 is 28.4 Å². The zero-order valence-electron chi connectivity index (χ0n) is 17.7. The number of carbonyl (C=O) groups is 2. The molecule has 0 aromatic carbocycles. The Kier molecular flexibility index (Phi) is 6.30. The first-order chi connectivity index (χ1) is 14.1. The van der Waals surface area contributed by atoms with Gasteiger partial charge in [-0.15, -0.1) is 0 Å². The summed E-state index contributed by atoms with van der Waals surface area (Å²) in [6, 6.07) is -0.393. The molecule has 2 aromatic rings. The number of urea groups is 1. The van der Waals surface area contributed by atoms with Gasteiger partial charge in [-0.1, -0.05) is 25.6 Å². The zero-order valence-corrected chi connectivity index (χ0v) is 18.5. The number of aromatic nitrogens is 4. The molecule has 3 amide bonds. The van der Waals surface area contributed by atoms with Gasteiger partial charge < -0.3 is 5.32 Å². The number of thioether (sulfide) groups is 1. The van der Waals surface area contributed by atoms with Crippen LogP contribution in [0.4, 0.5) is 4.79 Å². The van der Waals surface area contributed by atoms with Gasteiger partial charge in [0.2, 0.25) is 5.91 Å². The Morgan fingerprint density at radius 1 is 1.20 bits per heavy atom. The molecule has 1 aliphatic rings. The molecule has 3 rings (SSSR count). The van der Waals surface area contributed by atoms with E-state index in [-0.39, 0.29) is 23.0 Å². The van der Waals surface area contributed by atoms with Crippen molar-refractivity contribution in [3.05, 3.63) is 26.7 Å². The number of fused-ring (bicyclic) bond motifs is 1. The smallest absolute Gasteiger partial charge is 0.332 e. The topological polar surface area (TPSA) is 128 Å². The predicted octanol–water partition coefficient (Wildman–Crippen LogP) is 0.923. The molecular formula is C19H26N6O4S. The highest BCUT2D eigenvalue weighted by molar-refractivity contribution is 8.00. The minimum Gasteiger partial charge on any atom is -0.335 e. The molecule has 0 spiro atoms. The Bertz CT molecular complexity index is 1120. The van der Waals surface area contributed by atoms with Crippen LogP contribution in [0.5, 0.6) is 0 Å². The highest BCUT2D eigenvalue weighted by Crippen LogP contribution is 2.26. The molecule has 2 aromatic heterocycles. The van der Waals surface area contributed by atoms with Gasteiger partial charge in [-0.05, 0) is 32.6 Å². The number of imide groups is 1. The zero-order chi connectivity index (χ0) is 22.2. The first-order valence-electron chi connectivity index (χ1n) is 9.84. The Morgan fingerprint density at radius 3 is 2.47 bits per heavy atom. The normalized spacial score (nSPS) is 14.7. The summed E-state index contributed by atoms with van der Waals surface area (Å²) in [5.74, 6) is 0.0496. The Labute approximate surface area is 177 Å². The van der Waals surface area contributed by atoms with Crippen molar-refractivity contribution in [2.24, 2.45) is 13.0 Å². The third-order valence-corrected chi connectivity index (χ3v) is 5.70. The summed E-state index contributed by atoms with van der Waals surface area (Å²) in [6.45, 7) is 7.61. The minimum atomic E-state index is -0.692. The molecule has 0 saturated heterocycles. The van der Waals surface area contributed by atoms with Crippen LogP contribution in [0.3, 0.4) is 0 Å². The molecule has 11 heteroatoms. The van der Waals surface area contributed by atoms with E-state index in [1.165, 1.54) is 11.6 Å². The lowest BCUT2D eigenvalue weighted by molar-refractivity contribution is -0.119. The third-order valence-electron chi connectivity index (χ3n) is 4.62. The fraction of sp³-hybridized carbons (Fsp3) is 0.579. The van der Waals surface area contributed by atoms with Gasteiger partial charge in [-0.3, -0.25) is 24.0 Å². The molecular weight excluding hydrogens is 408 g/mol.